The van der Waals surface area contributed by atoms with E-state index in [4.69, 9.17) is 4.74 Å². The van der Waals surface area contributed by atoms with Crippen LogP contribution in [0.3, 0.4) is 0 Å². The molecule has 2 N–H and O–H groups in total. The summed E-state index contributed by atoms with van der Waals surface area (Å²) < 4.78 is 5.44. The van der Waals surface area contributed by atoms with Gasteiger partial charge >= 0.3 is 0 Å². The van der Waals surface area contributed by atoms with Gasteiger partial charge in [-0.1, -0.05) is 17.7 Å². The molecule has 0 bridgehead atoms. The summed E-state index contributed by atoms with van der Waals surface area (Å²) in [7, 11) is 3.67. The van der Waals surface area contributed by atoms with Crippen molar-refractivity contribution >= 4 is 0 Å². The number of benzene rings is 1. The molecule has 0 aromatic heterocycles. The smallest absolute Gasteiger partial charge is 0.125 e. The van der Waals surface area contributed by atoms with Crippen LogP contribution in [0.2, 0.25) is 0 Å². The minimum absolute atomic E-state index is 0.840. The molecule has 0 aliphatic carbocycles. The summed E-state index contributed by atoms with van der Waals surface area (Å²) in [6.07, 6.45) is 0.993. The number of hydrogen-bond acceptors (Lipinski definition) is 3. The van der Waals surface area contributed by atoms with Gasteiger partial charge in [0.1, 0.15) is 5.75 Å². The van der Waals surface area contributed by atoms with Gasteiger partial charge in [-0.25, -0.2) is 0 Å². The third kappa shape index (κ3) is 3.51. The van der Waals surface area contributed by atoms with E-state index >= 15 is 0 Å². The molecule has 16 heavy (non-hydrogen) atoms. The maximum absolute atomic E-state index is 5.44. The molecule has 0 atom stereocenters. The molecule has 0 fully saturated rings. The topological polar surface area (TPSA) is 33.3 Å². The average Bonchev–Trinajstić information content (AvgIpc) is 2.24. The van der Waals surface area contributed by atoms with Crippen LogP contribution in [0.4, 0.5) is 0 Å². The first-order chi connectivity index (χ1) is 7.69. The Balaban J connectivity index is 2.69. The molecule has 0 unspecified atom stereocenters. The standard InChI is InChI=1S/C13H22N2O/c1-10-7-11(2)13(16-4)12(8-10)5-6-15-9-14-3/h7-8,14-15H,5-6,9H2,1-4H3. The fourth-order valence-corrected chi connectivity index (χ4v) is 1.96. The highest BCUT2D eigenvalue weighted by molar-refractivity contribution is 5.43. The molecule has 0 aliphatic rings. The lowest BCUT2D eigenvalue weighted by Gasteiger charge is -2.13. The van der Waals surface area contributed by atoms with E-state index in [9.17, 15) is 0 Å². The van der Waals surface area contributed by atoms with Crippen molar-refractivity contribution in [3.63, 3.8) is 0 Å². The van der Waals surface area contributed by atoms with Crippen LogP contribution in [0.15, 0.2) is 12.1 Å². The van der Waals surface area contributed by atoms with Gasteiger partial charge in [0.2, 0.25) is 0 Å². The van der Waals surface area contributed by atoms with Gasteiger partial charge in [-0.2, -0.15) is 0 Å². The lowest BCUT2D eigenvalue weighted by Crippen LogP contribution is -2.27. The highest BCUT2D eigenvalue weighted by atomic mass is 16.5. The summed E-state index contributed by atoms with van der Waals surface area (Å²) >= 11 is 0. The summed E-state index contributed by atoms with van der Waals surface area (Å²) in [6.45, 7) is 6.01. The Morgan fingerprint density at radius 1 is 1.25 bits per heavy atom. The molecule has 1 aromatic carbocycles. The summed E-state index contributed by atoms with van der Waals surface area (Å²) in [5.41, 5.74) is 3.79. The lowest BCUT2D eigenvalue weighted by atomic mass is 10.0. The number of aryl methyl sites for hydroxylation is 2. The average molecular weight is 222 g/mol. The van der Waals surface area contributed by atoms with Crippen LogP contribution in [0.25, 0.3) is 0 Å². The molecular weight excluding hydrogens is 200 g/mol. The van der Waals surface area contributed by atoms with Crippen molar-refractivity contribution in [2.75, 3.05) is 27.4 Å². The Morgan fingerprint density at radius 3 is 2.62 bits per heavy atom. The maximum atomic E-state index is 5.44. The van der Waals surface area contributed by atoms with Crippen molar-refractivity contribution in [2.45, 2.75) is 20.3 Å². The quantitative estimate of drug-likeness (QED) is 0.567. The van der Waals surface area contributed by atoms with Crippen LogP contribution in [-0.2, 0) is 6.42 Å². The van der Waals surface area contributed by atoms with E-state index in [2.05, 4.69) is 36.6 Å². The number of nitrogens with one attached hydrogen (secondary N) is 2. The summed E-state index contributed by atoms with van der Waals surface area (Å²) in [4.78, 5) is 0. The van der Waals surface area contributed by atoms with Crippen LogP contribution in [0.1, 0.15) is 16.7 Å². The Morgan fingerprint density at radius 2 is 2.00 bits per heavy atom. The molecular formula is C13H22N2O. The Labute approximate surface area is 98.2 Å². The van der Waals surface area contributed by atoms with Crippen LogP contribution in [-0.4, -0.2) is 27.4 Å². The molecule has 0 spiro atoms. The van der Waals surface area contributed by atoms with Crippen molar-refractivity contribution in [2.24, 2.45) is 0 Å². The van der Waals surface area contributed by atoms with E-state index in [1.807, 2.05) is 7.05 Å². The van der Waals surface area contributed by atoms with Crippen molar-refractivity contribution in [3.05, 3.63) is 28.8 Å². The number of hydrogen-bond donors (Lipinski definition) is 2. The normalized spacial score (nSPS) is 10.5. The second kappa shape index (κ2) is 6.51. The second-order valence-electron chi connectivity index (χ2n) is 4.05. The first-order valence-corrected chi connectivity index (χ1v) is 5.68. The Kier molecular flexibility index (Phi) is 5.29. The van der Waals surface area contributed by atoms with Gasteiger partial charge in [-0.05, 0) is 38.4 Å². The predicted molar refractivity (Wildman–Crippen MR) is 68.1 cm³/mol. The third-order valence-corrected chi connectivity index (χ3v) is 2.57. The largest absolute Gasteiger partial charge is 0.496 e. The zero-order valence-corrected chi connectivity index (χ0v) is 10.7. The SMILES string of the molecule is CNCNCCc1cc(C)cc(C)c1OC. The second-order valence-corrected chi connectivity index (χ2v) is 4.05. The van der Waals surface area contributed by atoms with Crippen molar-refractivity contribution in [3.8, 4) is 5.75 Å². The van der Waals surface area contributed by atoms with Crippen molar-refractivity contribution < 1.29 is 4.74 Å². The highest BCUT2D eigenvalue weighted by Gasteiger charge is 2.06. The number of rotatable bonds is 6. The number of ether oxygens (including phenoxy) is 1. The van der Waals surface area contributed by atoms with Gasteiger partial charge < -0.3 is 15.4 Å². The molecule has 0 saturated heterocycles. The lowest BCUT2D eigenvalue weighted by molar-refractivity contribution is 0.405. The minimum Gasteiger partial charge on any atom is -0.496 e. The summed E-state index contributed by atoms with van der Waals surface area (Å²) in [5.74, 6) is 1.02. The molecule has 0 heterocycles. The molecule has 3 nitrogen and oxygen atoms in total. The molecule has 0 aliphatic heterocycles. The summed E-state index contributed by atoms with van der Waals surface area (Å²) in [5, 5.41) is 6.37. The zero-order valence-electron chi connectivity index (χ0n) is 10.7. The molecule has 0 amide bonds. The first-order valence-electron chi connectivity index (χ1n) is 5.68. The van der Waals surface area contributed by atoms with Crippen LogP contribution < -0.4 is 15.4 Å². The van der Waals surface area contributed by atoms with E-state index in [1.165, 1.54) is 16.7 Å². The highest BCUT2D eigenvalue weighted by Crippen LogP contribution is 2.25. The van der Waals surface area contributed by atoms with Gasteiger partial charge in [0.15, 0.2) is 0 Å². The third-order valence-electron chi connectivity index (χ3n) is 2.57. The Bertz CT molecular complexity index is 337. The van der Waals surface area contributed by atoms with Gasteiger partial charge in [0, 0.05) is 13.2 Å². The van der Waals surface area contributed by atoms with E-state index in [1.54, 1.807) is 7.11 Å². The summed E-state index contributed by atoms with van der Waals surface area (Å²) in [6, 6.07) is 4.36. The van der Waals surface area contributed by atoms with E-state index < -0.39 is 0 Å². The van der Waals surface area contributed by atoms with Crippen molar-refractivity contribution in [1.82, 2.24) is 10.6 Å². The van der Waals surface area contributed by atoms with Gasteiger partial charge in [-0.3, -0.25) is 0 Å². The van der Waals surface area contributed by atoms with E-state index in [0.29, 0.717) is 0 Å². The van der Waals surface area contributed by atoms with E-state index in [0.717, 1.165) is 25.4 Å². The zero-order chi connectivity index (χ0) is 12.0. The Hall–Kier alpha value is -1.06. The van der Waals surface area contributed by atoms with Gasteiger partial charge in [0.05, 0.1) is 7.11 Å². The van der Waals surface area contributed by atoms with E-state index in [-0.39, 0.29) is 0 Å². The molecule has 0 radical (unpaired) electrons. The molecule has 1 rings (SSSR count). The monoisotopic (exact) mass is 222 g/mol. The van der Waals surface area contributed by atoms with Crippen molar-refractivity contribution in [1.29, 1.82) is 0 Å². The minimum atomic E-state index is 0.840. The first kappa shape index (κ1) is 13.0. The van der Waals surface area contributed by atoms with Crippen LogP contribution in [0.5, 0.6) is 5.75 Å². The van der Waals surface area contributed by atoms with Crippen LogP contribution in [0, 0.1) is 13.8 Å². The maximum Gasteiger partial charge on any atom is 0.125 e. The van der Waals surface area contributed by atoms with Gasteiger partial charge in [0.25, 0.3) is 0 Å². The fraction of sp³-hybridized carbons (Fsp3) is 0.538. The van der Waals surface area contributed by atoms with Crippen LogP contribution >= 0.6 is 0 Å². The molecule has 3 heteroatoms. The molecule has 1 aromatic rings. The number of methoxy groups -OCH3 is 1. The molecule has 90 valence electrons. The predicted octanol–water partition coefficient (Wildman–Crippen LogP) is 1.62. The van der Waals surface area contributed by atoms with Gasteiger partial charge in [-0.15, -0.1) is 0 Å². The fourth-order valence-electron chi connectivity index (χ4n) is 1.96. The molecule has 0 saturated carbocycles.